The van der Waals surface area contributed by atoms with Crippen LogP contribution in [0.4, 0.5) is 8.78 Å². The monoisotopic (exact) mass is 358 g/mol. The SMILES string of the molecule is CCOc1ccc(-c2ccc(C3CCC(=COC)CC3)cc2)c(F)c1F. The summed E-state index contributed by atoms with van der Waals surface area (Å²) in [7, 11) is 1.68. The lowest BCUT2D eigenvalue weighted by Gasteiger charge is -2.24. The molecule has 0 saturated heterocycles. The highest BCUT2D eigenvalue weighted by Gasteiger charge is 2.19. The Balaban J connectivity index is 1.76. The average Bonchev–Trinajstić information content (AvgIpc) is 2.67. The normalized spacial score (nSPS) is 17.1. The molecule has 1 fully saturated rings. The molecule has 0 atom stereocenters. The van der Waals surface area contributed by atoms with Crippen molar-refractivity contribution in [2.24, 2.45) is 0 Å². The molecule has 0 radical (unpaired) electrons. The summed E-state index contributed by atoms with van der Waals surface area (Å²) < 4.78 is 38.7. The molecule has 1 aliphatic carbocycles. The Hall–Kier alpha value is -2.36. The smallest absolute Gasteiger partial charge is 0.201 e. The van der Waals surface area contributed by atoms with Gasteiger partial charge in [-0.05, 0) is 67.4 Å². The number of ether oxygens (including phenoxy) is 2. The van der Waals surface area contributed by atoms with E-state index in [1.807, 2.05) is 30.5 Å². The Bertz CT molecular complexity index is 771. The average molecular weight is 358 g/mol. The van der Waals surface area contributed by atoms with E-state index in [-0.39, 0.29) is 11.3 Å². The van der Waals surface area contributed by atoms with Crippen molar-refractivity contribution in [2.45, 2.75) is 38.5 Å². The third-order valence-electron chi connectivity index (χ3n) is 4.95. The topological polar surface area (TPSA) is 18.5 Å². The van der Waals surface area contributed by atoms with Crippen molar-refractivity contribution >= 4 is 0 Å². The highest BCUT2D eigenvalue weighted by molar-refractivity contribution is 5.65. The third-order valence-corrected chi connectivity index (χ3v) is 4.95. The van der Waals surface area contributed by atoms with Gasteiger partial charge in [0.05, 0.1) is 20.0 Å². The van der Waals surface area contributed by atoms with Gasteiger partial charge >= 0.3 is 0 Å². The van der Waals surface area contributed by atoms with Gasteiger partial charge in [0.1, 0.15) is 0 Å². The molecule has 4 heteroatoms. The Kier molecular flexibility index (Phi) is 5.92. The zero-order valence-electron chi connectivity index (χ0n) is 15.2. The van der Waals surface area contributed by atoms with Gasteiger partial charge in [0, 0.05) is 5.56 Å². The van der Waals surface area contributed by atoms with Crippen molar-refractivity contribution in [3.8, 4) is 16.9 Å². The minimum absolute atomic E-state index is 0.0486. The van der Waals surface area contributed by atoms with Crippen molar-refractivity contribution in [3.05, 3.63) is 65.4 Å². The van der Waals surface area contributed by atoms with Crippen LogP contribution in [0.5, 0.6) is 5.75 Å². The number of benzene rings is 2. The maximum atomic E-state index is 14.4. The highest BCUT2D eigenvalue weighted by Crippen LogP contribution is 2.37. The maximum Gasteiger partial charge on any atom is 0.201 e. The standard InChI is InChI=1S/C22H24F2O2/c1-3-26-20-13-12-19(21(23)22(20)24)18-10-8-17(9-11-18)16-6-4-15(5-7-16)14-25-2/h8-14,16H,3-7H2,1-2H3. The first-order valence-corrected chi connectivity index (χ1v) is 9.05. The zero-order chi connectivity index (χ0) is 18.5. The summed E-state index contributed by atoms with van der Waals surface area (Å²) in [5.41, 5.74) is 3.53. The van der Waals surface area contributed by atoms with Gasteiger partial charge in [-0.2, -0.15) is 4.39 Å². The number of hydrogen-bond acceptors (Lipinski definition) is 2. The van der Waals surface area contributed by atoms with Gasteiger partial charge in [0.15, 0.2) is 11.6 Å². The van der Waals surface area contributed by atoms with Crippen LogP contribution >= 0.6 is 0 Å². The maximum absolute atomic E-state index is 14.4. The molecule has 138 valence electrons. The molecule has 0 aliphatic heterocycles. The fourth-order valence-corrected chi connectivity index (χ4v) is 3.56. The van der Waals surface area contributed by atoms with Crippen molar-refractivity contribution < 1.29 is 18.3 Å². The van der Waals surface area contributed by atoms with Gasteiger partial charge in [0.2, 0.25) is 5.82 Å². The fraction of sp³-hybridized carbons (Fsp3) is 0.364. The second-order valence-corrected chi connectivity index (χ2v) is 6.58. The first-order chi connectivity index (χ1) is 12.6. The first-order valence-electron chi connectivity index (χ1n) is 9.05. The number of allylic oxidation sites excluding steroid dienone is 1. The third kappa shape index (κ3) is 3.90. The van der Waals surface area contributed by atoms with Crippen LogP contribution in [-0.2, 0) is 4.74 Å². The van der Waals surface area contributed by atoms with Crippen LogP contribution in [0.3, 0.4) is 0 Å². The van der Waals surface area contributed by atoms with Gasteiger partial charge in [-0.3, -0.25) is 0 Å². The molecule has 0 N–H and O–H groups in total. The summed E-state index contributed by atoms with van der Waals surface area (Å²) in [6.07, 6.45) is 6.10. The van der Waals surface area contributed by atoms with Gasteiger partial charge in [-0.1, -0.05) is 24.3 Å². The predicted octanol–water partition coefficient (Wildman–Crippen LogP) is 6.22. The summed E-state index contributed by atoms with van der Waals surface area (Å²) in [6.45, 7) is 2.04. The second-order valence-electron chi connectivity index (χ2n) is 6.58. The number of hydrogen-bond donors (Lipinski definition) is 0. The van der Waals surface area contributed by atoms with Crippen LogP contribution in [0.2, 0.25) is 0 Å². The lowest BCUT2D eigenvalue weighted by atomic mass is 9.81. The van der Waals surface area contributed by atoms with E-state index in [4.69, 9.17) is 9.47 Å². The molecule has 3 rings (SSSR count). The fourth-order valence-electron chi connectivity index (χ4n) is 3.56. The van der Waals surface area contributed by atoms with Crippen molar-refractivity contribution in [1.29, 1.82) is 0 Å². The molecule has 1 aliphatic rings. The van der Waals surface area contributed by atoms with Crippen LogP contribution in [0.15, 0.2) is 48.2 Å². The first kappa shape index (κ1) is 18.4. The predicted molar refractivity (Wildman–Crippen MR) is 99.3 cm³/mol. The molecule has 0 bridgehead atoms. The van der Waals surface area contributed by atoms with Crippen LogP contribution in [0, 0.1) is 11.6 Å². The van der Waals surface area contributed by atoms with E-state index in [9.17, 15) is 8.78 Å². The Morgan fingerprint density at radius 3 is 2.31 bits per heavy atom. The second kappa shape index (κ2) is 8.35. The molecule has 2 aromatic rings. The molecular formula is C22H24F2O2. The summed E-state index contributed by atoms with van der Waals surface area (Å²) in [6, 6.07) is 10.8. The molecule has 2 aromatic carbocycles. The quantitative estimate of drug-likeness (QED) is 0.591. The van der Waals surface area contributed by atoms with E-state index < -0.39 is 11.6 Å². The molecule has 26 heavy (non-hydrogen) atoms. The highest BCUT2D eigenvalue weighted by atomic mass is 19.2. The van der Waals surface area contributed by atoms with E-state index in [2.05, 4.69) is 0 Å². The summed E-state index contributed by atoms with van der Waals surface area (Å²) in [4.78, 5) is 0. The van der Waals surface area contributed by atoms with Gasteiger partial charge in [0.25, 0.3) is 0 Å². The van der Waals surface area contributed by atoms with Gasteiger partial charge in [-0.15, -0.1) is 0 Å². The molecule has 0 heterocycles. The number of methoxy groups -OCH3 is 1. The van der Waals surface area contributed by atoms with Crippen molar-refractivity contribution in [2.75, 3.05) is 13.7 Å². The summed E-state index contributed by atoms with van der Waals surface area (Å²) in [5, 5.41) is 0. The number of halogens is 2. The van der Waals surface area contributed by atoms with Gasteiger partial charge in [-0.25, -0.2) is 4.39 Å². The zero-order valence-corrected chi connectivity index (χ0v) is 15.2. The Morgan fingerprint density at radius 2 is 1.69 bits per heavy atom. The number of rotatable bonds is 5. The largest absolute Gasteiger partial charge is 0.504 e. The van der Waals surface area contributed by atoms with Gasteiger partial charge < -0.3 is 9.47 Å². The minimum atomic E-state index is -0.932. The van der Waals surface area contributed by atoms with E-state index in [0.717, 1.165) is 25.7 Å². The van der Waals surface area contributed by atoms with E-state index in [1.54, 1.807) is 20.1 Å². The molecule has 0 spiro atoms. The lowest BCUT2D eigenvalue weighted by molar-refractivity contribution is 0.314. The van der Waals surface area contributed by atoms with Crippen LogP contribution < -0.4 is 4.74 Å². The Labute approximate surface area is 153 Å². The molecule has 0 unspecified atom stereocenters. The van der Waals surface area contributed by atoms with Crippen molar-refractivity contribution in [1.82, 2.24) is 0 Å². The Morgan fingerprint density at radius 1 is 1.00 bits per heavy atom. The van der Waals surface area contributed by atoms with Crippen LogP contribution in [-0.4, -0.2) is 13.7 Å². The molecule has 2 nitrogen and oxygen atoms in total. The van der Waals surface area contributed by atoms with E-state index in [1.165, 1.54) is 17.2 Å². The summed E-state index contributed by atoms with van der Waals surface area (Å²) >= 11 is 0. The van der Waals surface area contributed by atoms with Crippen LogP contribution in [0.1, 0.15) is 44.1 Å². The van der Waals surface area contributed by atoms with Crippen LogP contribution in [0.25, 0.3) is 11.1 Å². The van der Waals surface area contributed by atoms with E-state index >= 15 is 0 Å². The molecule has 1 saturated carbocycles. The molecule has 0 amide bonds. The van der Waals surface area contributed by atoms with Crippen molar-refractivity contribution in [3.63, 3.8) is 0 Å². The molecular weight excluding hydrogens is 334 g/mol. The lowest BCUT2D eigenvalue weighted by Crippen LogP contribution is -2.06. The minimum Gasteiger partial charge on any atom is -0.504 e. The molecule has 0 aromatic heterocycles. The van der Waals surface area contributed by atoms with E-state index in [0.29, 0.717) is 18.1 Å². The summed E-state index contributed by atoms with van der Waals surface area (Å²) in [5.74, 6) is -1.35.